The quantitative estimate of drug-likeness (QED) is 0.619. The molecule has 0 bridgehead atoms. The highest BCUT2D eigenvalue weighted by Gasteiger charge is 2.20. The highest BCUT2D eigenvalue weighted by atomic mass is 35.5. The van der Waals surface area contributed by atoms with Crippen molar-refractivity contribution in [2.75, 3.05) is 16.4 Å². The minimum absolute atomic E-state index is 0.0862. The summed E-state index contributed by atoms with van der Waals surface area (Å²) in [6.07, 6.45) is 5.50. The third kappa shape index (κ3) is 6.29. The molecule has 2 aromatic carbocycles. The first-order valence-electron chi connectivity index (χ1n) is 9.19. The lowest BCUT2D eigenvalue weighted by Crippen LogP contribution is -2.24. The Bertz CT molecular complexity index is 789. The molecule has 0 unspecified atom stereocenters. The van der Waals surface area contributed by atoms with Crippen LogP contribution < -0.4 is 10.6 Å². The van der Waals surface area contributed by atoms with E-state index in [9.17, 15) is 9.59 Å². The van der Waals surface area contributed by atoms with E-state index >= 15 is 0 Å². The maximum absolute atomic E-state index is 12.3. The molecule has 1 aliphatic carbocycles. The fourth-order valence-electron chi connectivity index (χ4n) is 3.16. The van der Waals surface area contributed by atoms with Gasteiger partial charge in [0.15, 0.2) is 0 Å². The second-order valence-corrected chi connectivity index (χ2v) is 8.18. The summed E-state index contributed by atoms with van der Waals surface area (Å²) in [6.45, 7) is 0. The summed E-state index contributed by atoms with van der Waals surface area (Å²) in [7, 11) is 0. The first kappa shape index (κ1) is 19.8. The van der Waals surface area contributed by atoms with Crippen LogP contribution in [0.2, 0.25) is 5.02 Å². The summed E-state index contributed by atoms with van der Waals surface area (Å²) < 4.78 is 0. The average Bonchev–Trinajstić information content (AvgIpc) is 2.68. The summed E-state index contributed by atoms with van der Waals surface area (Å²) in [5.41, 5.74) is 1.49. The Kier molecular flexibility index (Phi) is 7.18. The molecule has 142 valence electrons. The molecule has 0 aromatic heterocycles. The van der Waals surface area contributed by atoms with Crippen molar-refractivity contribution in [3.63, 3.8) is 0 Å². The molecule has 1 aliphatic rings. The normalized spacial score (nSPS) is 14.6. The average molecular weight is 403 g/mol. The predicted molar refractivity (Wildman–Crippen MR) is 112 cm³/mol. The van der Waals surface area contributed by atoms with Crippen LogP contribution in [0.5, 0.6) is 0 Å². The second-order valence-electron chi connectivity index (χ2n) is 6.70. The van der Waals surface area contributed by atoms with Crippen molar-refractivity contribution in [3.8, 4) is 0 Å². The monoisotopic (exact) mass is 402 g/mol. The predicted octanol–water partition coefficient (Wildman–Crippen LogP) is 5.59. The topological polar surface area (TPSA) is 58.2 Å². The lowest BCUT2D eigenvalue weighted by molar-refractivity contribution is -0.120. The molecule has 2 amide bonds. The van der Waals surface area contributed by atoms with E-state index in [4.69, 9.17) is 11.6 Å². The van der Waals surface area contributed by atoms with Gasteiger partial charge in [-0.15, -0.1) is 11.8 Å². The zero-order valence-electron chi connectivity index (χ0n) is 15.0. The highest BCUT2D eigenvalue weighted by Crippen LogP contribution is 2.26. The van der Waals surface area contributed by atoms with E-state index < -0.39 is 0 Å². The molecule has 4 nitrogen and oxygen atoms in total. The second kappa shape index (κ2) is 9.81. The Morgan fingerprint density at radius 3 is 2.41 bits per heavy atom. The van der Waals surface area contributed by atoms with E-state index in [1.54, 1.807) is 24.3 Å². The molecule has 1 fully saturated rings. The van der Waals surface area contributed by atoms with E-state index in [0.29, 0.717) is 16.5 Å². The van der Waals surface area contributed by atoms with Crippen LogP contribution in [0.4, 0.5) is 11.4 Å². The van der Waals surface area contributed by atoms with Crippen LogP contribution in [0, 0.1) is 5.92 Å². The Morgan fingerprint density at radius 2 is 1.70 bits per heavy atom. The van der Waals surface area contributed by atoms with Gasteiger partial charge in [-0.3, -0.25) is 9.59 Å². The Morgan fingerprint density at radius 1 is 0.963 bits per heavy atom. The summed E-state index contributed by atoms with van der Waals surface area (Å²) in [5.74, 6) is 0.483. The number of hydrogen-bond donors (Lipinski definition) is 2. The lowest BCUT2D eigenvalue weighted by Gasteiger charge is -2.20. The molecule has 0 saturated heterocycles. The summed E-state index contributed by atoms with van der Waals surface area (Å²) in [5, 5.41) is 6.42. The number of carbonyl (C=O) groups is 2. The van der Waals surface area contributed by atoms with Gasteiger partial charge in [-0.2, -0.15) is 0 Å². The number of hydrogen-bond acceptors (Lipinski definition) is 3. The molecule has 0 aliphatic heterocycles. The zero-order valence-corrected chi connectivity index (χ0v) is 16.6. The Labute approximate surface area is 169 Å². The van der Waals surface area contributed by atoms with Crippen molar-refractivity contribution in [1.29, 1.82) is 0 Å². The number of anilines is 2. The number of nitrogens with one attached hydrogen (secondary N) is 2. The molecule has 0 spiro atoms. The van der Waals surface area contributed by atoms with Gasteiger partial charge in [0.1, 0.15) is 0 Å². The van der Waals surface area contributed by atoms with Crippen molar-refractivity contribution in [2.24, 2.45) is 5.92 Å². The molecular weight excluding hydrogens is 380 g/mol. The van der Waals surface area contributed by atoms with Crippen molar-refractivity contribution in [2.45, 2.75) is 37.0 Å². The largest absolute Gasteiger partial charge is 0.326 e. The third-order valence-corrected chi connectivity index (χ3v) is 5.82. The van der Waals surface area contributed by atoms with Crippen molar-refractivity contribution >= 4 is 46.6 Å². The van der Waals surface area contributed by atoms with Crippen molar-refractivity contribution in [1.82, 2.24) is 0 Å². The van der Waals surface area contributed by atoms with Crippen LogP contribution in [0.1, 0.15) is 32.1 Å². The summed E-state index contributed by atoms with van der Waals surface area (Å²) >= 11 is 7.36. The van der Waals surface area contributed by atoms with E-state index in [2.05, 4.69) is 10.6 Å². The number of benzene rings is 2. The molecule has 2 N–H and O–H groups in total. The summed E-state index contributed by atoms with van der Waals surface area (Å²) in [4.78, 5) is 25.3. The molecule has 6 heteroatoms. The molecule has 0 heterocycles. The van der Waals surface area contributed by atoms with Gasteiger partial charge in [-0.25, -0.2) is 0 Å². The maximum atomic E-state index is 12.3. The van der Waals surface area contributed by atoms with Crippen LogP contribution >= 0.6 is 23.4 Å². The molecule has 3 rings (SSSR count). The first-order valence-corrected chi connectivity index (χ1v) is 10.6. The van der Waals surface area contributed by atoms with Crippen LogP contribution in [-0.2, 0) is 9.59 Å². The fourth-order valence-corrected chi connectivity index (χ4v) is 4.04. The van der Waals surface area contributed by atoms with E-state index in [0.717, 1.165) is 36.3 Å². The molecule has 2 aromatic rings. The van der Waals surface area contributed by atoms with E-state index in [1.807, 2.05) is 24.3 Å². The number of rotatable bonds is 6. The molecule has 1 saturated carbocycles. The van der Waals surface area contributed by atoms with Gasteiger partial charge < -0.3 is 10.6 Å². The number of halogens is 1. The minimum Gasteiger partial charge on any atom is -0.326 e. The van der Waals surface area contributed by atoms with Crippen molar-refractivity contribution in [3.05, 3.63) is 53.6 Å². The maximum Gasteiger partial charge on any atom is 0.234 e. The smallest absolute Gasteiger partial charge is 0.234 e. The molecule has 0 atom stereocenters. The van der Waals surface area contributed by atoms with Crippen molar-refractivity contribution < 1.29 is 9.59 Å². The molecular formula is C21H23ClN2O2S. The van der Waals surface area contributed by atoms with Gasteiger partial charge in [-0.1, -0.05) is 36.9 Å². The third-order valence-electron chi connectivity index (χ3n) is 4.58. The van der Waals surface area contributed by atoms with Crippen LogP contribution in [0.25, 0.3) is 0 Å². The SMILES string of the molecule is O=C(CSc1ccc(NC(=O)C2CCCCC2)cc1)Nc1cccc(Cl)c1. The van der Waals surface area contributed by atoms with Gasteiger partial charge in [-0.05, 0) is 55.3 Å². The van der Waals surface area contributed by atoms with Gasteiger partial charge in [0.25, 0.3) is 0 Å². The van der Waals surface area contributed by atoms with Crippen LogP contribution in [0.15, 0.2) is 53.4 Å². The van der Waals surface area contributed by atoms with Gasteiger partial charge in [0.05, 0.1) is 5.75 Å². The zero-order chi connectivity index (χ0) is 19.1. The highest BCUT2D eigenvalue weighted by molar-refractivity contribution is 8.00. The Hall–Kier alpha value is -1.98. The van der Waals surface area contributed by atoms with Crippen LogP contribution in [0.3, 0.4) is 0 Å². The summed E-state index contributed by atoms with van der Waals surface area (Å²) in [6, 6.07) is 14.7. The number of amides is 2. The van der Waals surface area contributed by atoms with Crippen LogP contribution in [-0.4, -0.2) is 17.6 Å². The van der Waals surface area contributed by atoms with E-state index in [1.165, 1.54) is 18.2 Å². The first-order chi connectivity index (χ1) is 13.1. The standard InChI is InChI=1S/C21H23ClN2O2S/c22-16-7-4-8-18(13-16)23-20(25)14-27-19-11-9-17(10-12-19)24-21(26)15-5-2-1-3-6-15/h4,7-13,15H,1-3,5-6,14H2,(H,23,25)(H,24,26). The fraction of sp³-hybridized carbons (Fsp3) is 0.333. The lowest BCUT2D eigenvalue weighted by atomic mass is 9.88. The number of carbonyl (C=O) groups excluding carboxylic acids is 2. The molecule has 0 radical (unpaired) electrons. The minimum atomic E-state index is -0.0862. The van der Waals surface area contributed by atoms with Gasteiger partial charge >= 0.3 is 0 Å². The van der Waals surface area contributed by atoms with Gasteiger partial charge in [0, 0.05) is 27.2 Å². The molecule has 27 heavy (non-hydrogen) atoms. The van der Waals surface area contributed by atoms with Gasteiger partial charge in [0.2, 0.25) is 11.8 Å². The Balaban J connectivity index is 1.46. The van der Waals surface area contributed by atoms with E-state index in [-0.39, 0.29) is 17.7 Å². The number of thioether (sulfide) groups is 1.